The standard InChI is InChI=1S/C31H35F2N5O4/c1-2-22-23(33)5-4-18-12-21(40)13-25(26(18)22)38-16-24-27(29(38)41)28(36-10-6-20(39)7-11-36)35-30(34-24)42-17-31-8-3-9-37(31)15-19(32)14-31/h4-5,12-13,19-20,39-40H,2-3,6-11,14-17H2,1H3. The number of ether oxygens (including phenoxy) is 1. The van der Waals surface area contributed by atoms with E-state index in [1.54, 1.807) is 12.1 Å². The summed E-state index contributed by atoms with van der Waals surface area (Å²) < 4.78 is 35.5. The number of anilines is 2. The van der Waals surface area contributed by atoms with Crippen molar-refractivity contribution in [2.75, 3.05) is 42.6 Å². The van der Waals surface area contributed by atoms with Crippen molar-refractivity contribution in [2.24, 2.45) is 0 Å². The lowest BCUT2D eigenvalue weighted by molar-refractivity contribution is 0.0995. The van der Waals surface area contributed by atoms with Crippen molar-refractivity contribution in [3.63, 3.8) is 0 Å². The lowest BCUT2D eigenvalue weighted by Crippen LogP contribution is -2.43. The number of fused-ring (bicyclic) bond motifs is 3. The van der Waals surface area contributed by atoms with E-state index in [0.717, 1.165) is 19.4 Å². The Bertz CT molecular complexity index is 1560. The van der Waals surface area contributed by atoms with Gasteiger partial charge in [0.1, 0.15) is 35.7 Å². The van der Waals surface area contributed by atoms with Crippen molar-refractivity contribution in [3.8, 4) is 11.8 Å². The molecule has 3 aromatic rings. The normalized spacial score (nSPS) is 24.6. The molecule has 4 aliphatic rings. The number of alkyl halides is 1. The first-order chi connectivity index (χ1) is 20.3. The molecule has 2 aromatic carbocycles. The fraction of sp³-hybridized carbons (Fsp3) is 0.516. The smallest absolute Gasteiger partial charge is 0.318 e. The molecular weight excluding hydrogens is 544 g/mol. The average Bonchev–Trinajstić information content (AvgIpc) is 3.61. The predicted octanol–water partition coefficient (Wildman–Crippen LogP) is 4.11. The molecule has 42 heavy (non-hydrogen) atoms. The van der Waals surface area contributed by atoms with Crippen molar-refractivity contribution in [1.29, 1.82) is 0 Å². The van der Waals surface area contributed by atoms with Crippen molar-refractivity contribution < 1.29 is 28.5 Å². The van der Waals surface area contributed by atoms with Gasteiger partial charge in [0.25, 0.3) is 5.91 Å². The molecule has 3 fully saturated rings. The number of rotatable bonds is 6. The SMILES string of the molecule is CCc1c(F)ccc2cc(O)cc(N3Cc4nc(OCC56CCCN5CC(F)C6)nc(N5CCC(O)CC5)c4C3=O)c12. The molecule has 4 aliphatic heterocycles. The van der Waals surface area contributed by atoms with Crippen LogP contribution in [0.15, 0.2) is 24.3 Å². The first-order valence-corrected chi connectivity index (χ1v) is 14.9. The Kier molecular flexibility index (Phi) is 6.69. The number of halogens is 2. The summed E-state index contributed by atoms with van der Waals surface area (Å²) in [6, 6.07) is 6.18. The Morgan fingerprint density at radius 1 is 1.17 bits per heavy atom. The fourth-order valence-corrected chi connectivity index (χ4v) is 7.41. The van der Waals surface area contributed by atoms with E-state index in [1.807, 2.05) is 11.8 Å². The number of hydrogen-bond donors (Lipinski definition) is 2. The second-order valence-corrected chi connectivity index (χ2v) is 12.1. The van der Waals surface area contributed by atoms with E-state index in [2.05, 4.69) is 9.88 Å². The summed E-state index contributed by atoms with van der Waals surface area (Å²) in [6.07, 6.45) is 2.45. The van der Waals surface area contributed by atoms with E-state index in [1.165, 1.54) is 17.0 Å². The van der Waals surface area contributed by atoms with E-state index in [0.29, 0.717) is 84.4 Å². The number of aliphatic hydroxyl groups excluding tert-OH is 1. The van der Waals surface area contributed by atoms with Crippen molar-refractivity contribution in [3.05, 3.63) is 46.9 Å². The van der Waals surface area contributed by atoms with Crippen LogP contribution < -0.4 is 14.5 Å². The fourth-order valence-electron chi connectivity index (χ4n) is 7.41. The van der Waals surface area contributed by atoms with Gasteiger partial charge in [-0.3, -0.25) is 9.69 Å². The number of carbonyl (C=O) groups excluding carboxylic acids is 1. The lowest BCUT2D eigenvalue weighted by atomic mass is 9.95. The van der Waals surface area contributed by atoms with Crippen LogP contribution >= 0.6 is 0 Å². The molecule has 222 valence electrons. The number of aromatic hydroxyl groups is 1. The van der Waals surface area contributed by atoms with Crippen LogP contribution in [0.4, 0.5) is 20.3 Å². The Hall–Kier alpha value is -3.57. The highest BCUT2D eigenvalue weighted by Crippen LogP contribution is 2.43. The molecule has 1 aromatic heterocycles. The van der Waals surface area contributed by atoms with Crippen LogP contribution in [-0.2, 0) is 13.0 Å². The monoisotopic (exact) mass is 579 g/mol. The van der Waals surface area contributed by atoms with Gasteiger partial charge in [0, 0.05) is 37.5 Å². The minimum atomic E-state index is -0.883. The first-order valence-electron chi connectivity index (χ1n) is 14.9. The van der Waals surface area contributed by atoms with Gasteiger partial charge in [-0.1, -0.05) is 13.0 Å². The molecule has 0 spiro atoms. The molecule has 3 saturated heterocycles. The number of phenolic OH excluding ortho intramolecular Hbond substituents is 1. The Morgan fingerprint density at radius 3 is 2.76 bits per heavy atom. The molecule has 0 saturated carbocycles. The van der Waals surface area contributed by atoms with Gasteiger partial charge < -0.3 is 24.7 Å². The average molecular weight is 580 g/mol. The predicted molar refractivity (Wildman–Crippen MR) is 153 cm³/mol. The van der Waals surface area contributed by atoms with Crippen LogP contribution in [0.1, 0.15) is 60.6 Å². The number of aromatic nitrogens is 2. The van der Waals surface area contributed by atoms with Gasteiger partial charge >= 0.3 is 6.01 Å². The molecule has 2 N–H and O–H groups in total. The summed E-state index contributed by atoms with van der Waals surface area (Å²) in [4.78, 5) is 29.2. The molecule has 9 nitrogen and oxygen atoms in total. The molecule has 5 heterocycles. The zero-order chi connectivity index (χ0) is 29.2. The van der Waals surface area contributed by atoms with Gasteiger partial charge in [-0.25, -0.2) is 8.78 Å². The zero-order valence-corrected chi connectivity index (χ0v) is 23.7. The van der Waals surface area contributed by atoms with E-state index in [9.17, 15) is 23.8 Å². The second-order valence-electron chi connectivity index (χ2n) is 12.1. The van der Waals surface area contributed by atoms with Gasteiger partial charge in [-0.05, 0) is 61.7 Å². The highest BCUT2D eigenvalue weighted by molar-refractivity contribution is 6.16. The molecule has 2 atom stereocenters. The molecular formula is C31H35F2N5O4. The number of aliphatic hydroxyl groups is 1. The quantitative estimate of drug-likeness (QED) is 0.450. The van der Waals surface area contributed by atoms with E-state index < -0.39 is 12.3 Å². The molecule has 0 aliphatic carbocycles. The summed E-state index contributed by atoms with van der Waals surface area (Å²) in [6.45, 7) is 4.50. The highest BCUT2D eigenvalue weighted by atomic mass is 19.1. The Morgan fingerprint density at radius 2 is 1.98 bits per heavy atom. The van der Waals surface area contributed by atoms with Gasteiger partial charge in [0.15, 0.2) is 0 Å². The Balaban J connectivity index is 1.28. The molecule has 0 bridgehead atoms. The summed E-state index contributed by atoms with van der Waals surface area (Å²) in [5.41, 5.74) is 1.32. The van der Waals surface area contributed by atoms with Gasteiger partial charge in [-0.2, -0.15) is 9.97 Å². The van der Waals surface area contributed by atoms with Crippen LogP contribution in [0.5, 0.6) is 11.8 Å². The third kappa shape index (κ3) is 4.44. The van der Waals surface area contributed by atoms with Gasteiger partial charge in [-0.15, -0.1) is 0 Å². The van der Waals surface area contributed by atoms with Crippen molar-refractivity contribution in [2.45, 2.75) is 69.8 Å². The summed E-state index contributed by atoms with van der Waals surface area (Å²) in [5.74, 6) is -0.297. The molecule has 1 amide bonds. The number of amides is 1. The largest absolute Gasteiger partial charge is 0.508 e. The van der Waals surface area contributed by atoms with Crippen LogP contribution in [0, 0.1) is 5.82 Å². The zero-order valence-electron chi connectivity index (χ0n) is 23.7. The maximum Gasteiger partial charge on any atom is 0.318 e. The van der Waals surface area contributed by atoms with Crippen LogP contribution in [0.25, 0.3) is 10.8 Å². The highest BCUT2D eigenvalue weighted by Gasteiger charge is 2.49. The van der Waals surface area contributed by atoms with Crippen LogP contribution in [-0.4, -0.2) is 81.6 Å². The topological polar surface area (TPSA) is 102 Å². The lowest BCUT2D eigenvalue weighted by Gasteiger charge is -2.32. The number of phenols is 1. The minimum Gasteiger partial charge on any atom is -0.508 e. The van der Waals surface area contributed by atoms with E-state index >= 15 is 0 Å². The molecule has 0 radical (unpaired) electrons. The Labute approximate surface area is 242 Å². The van der Waals surface area contributed by atoms with Crippen molar-refractivity contribution >= 4 is 28.2 Å². The number of aryl methyl sites for hydroxylation is 1. The van der Waals surface area contributed by atoms with E-state index in [4.69, 9.17) is 9.72 Å². The molecule has 2 unspecified atom stereocenters. The van der Waals surface area contributed by atoms with Crippen molar-refractivity contribution in [1.82, 2.24) is 14.9 Å². The molecule has 11 heteroatoms. The first kappa shape index (κ1) is 27.3. The number of carbonyl (C=O) groups is 1. The summed E-state index contributed by atoms with van der Waals surface area (Å²) in [7, 11) is 0. The third-order valence-corrected chi connectivity index (χ3v) is 9.48. The number of nitrogens with zero attached hydrogens (tertiary/aromatic N) is 5. The maximum absolute atomic E-state index is 14.9. The summed E-state index contributed by atoms with van der Waals surface area (Å²) in [5, 5.41) is 21.9. The number of benzene rings is 2. The number of hydrogen-bond acceptors (Lipinski definition) is 8. The third-order valence-electron chi connectivity index (χ3n) is 9.48. The van der Waals surface area contributed by atoms with Crippen LogP contribution in [0.2, 0.25) is 0 Å². The van der Waals surface area contributed by atoms with Gasteiger partial charge in [0.2, 0.25) is 0 Å². The maximum atomic E-state index is 14.9. The van der Waals surface area contributed by atoms with E-state index in [-0.39, 0.29) is 42.2 Å². The molecule has 7 rings (SSSR count). The second kappa shape index (κ2) is 10.3. The van der Waals surface area contributed by atoms with Crippen LogP contribution in [0.3, 0.4) is 0 Å². The summed E-state index contributed by atoms with van der Waals surface area (Å²) >= 11 is 0. The van der Waals surface area contributed by atoms with Gasteiger partial charge in [0.05, 0.1) is 29.6 Å². The number of piperidine rings is 1. The minimum absolute atomic E-state index is 0.0293.